The first kappa shape index (κ1) is 23.4. The number of benzene rings is 2. The predicted molar refractivity (Wildman–Crippen MR) is 134 cm³/mol. The topological polar surface area (TPSA) is 125 Å². The molecule has 10 heteroatoms. The number of H-pyrrole nitrogens is 1. The summed E-state index contributed by atoms with van der Waals surface area (Å²) in [6, 6.07) is 13.8. The third-order valence-corrected chi connectivity index (χ3v) is 6.31. The molecule has 0 amide bonds. The average Bonchev–Trinajstić information content (AvgIpc) is 3.34. The Balaban J connectivity index is 1.27. The molecule has 5 rings (SSSR count). The smallest absolute Gasteiger partial charge is 0.320 e. The highest BCUT2D eigenvalue weighted by molar-refractivity contribution is 6.08. The molecule has 1 saturated heterocycles. The van der Waals surface area contributed by atoms with E-state index in [0.29, 0.717) is 55.6 Å². The van der Waals surface area contributed by atoms with Crippen molar-refractivity contribution in [2.45, 2.75) is 19.4 Å². The van der Waals surface area contributed by atoms with Gasteiger partial charge < -0.3 is 19.7 Å². The third kappa shape index (κ3) is 4.76. The minimum atomic E-state index is -0.795. The zero-order chi connectivity index (χ0) is 25.1. The monoisotopic (exact) mass is 486 g/mol. The fourth-order valence-corrected chi connectivity index (χ4v) is 4.42. The SMILES string of the molecule is CCC(C(=O)O)N1CCN(c2nccnc2Oc2ccc(C(=O)c3nc4ccccc4[nH]3)cc2)CC1. The number of rotatable bonds is 8. The number of carboxylic acids is 1. The van der Waals surface area contributed by atoms with E-state index in [9.17, 15) is 14.7 Å². The van der Waals surface area contributed by atoms with Crippen molar-refractivity contribution in [3.8, 4) is 11.6 Å². The molecule has 1 aliphatic rings. The molecule has 0 saturated carbocycles. The van der Waals surface area contributed by atoms with Crippen LogP contribution in [0.4, 0.5) is 5.82 Å². The van der Waals surface area contributed by atoms with E-state index in [1.54, 1.807) is 36.7 Å². The number of nitrogens with zero attached hydrogens (tertiary/aromatic N) is 5. The van der Waals surface area contributed by atoms with E-state index in [1.807, 2.05) is 41.0 Å². The second kappa shape index (κ2) is 10.1. The van der Waals surface area contributed by atoms with Crippen molar-refractivity contribution in [1.29, 1.82) is 0 Å². The zero-order valence-corrected chi connectivity index (χ0v) is 19.8. The van der Waals surface area contributed by atoms with Crippen LogP contribution in [-0.2, 0) is 4.79 Å². The Morgan fingerprint density at radius 3 is 2.44 bits per heavy atom. The van der Waals surface area contributed by atoms with E-state index in [1.165, 1.54) is 0 Å². The van der Waals surface area contributed by atoms with Crippen LogP contribution in [-0.4, -0.2) is 73.9 Å². The summed E-state index contributed by atoms with van der Waals surface area (Å²) in [5.41, 5.74) is 2.04. The van der Waals surface area contributed by atoms with Gasteiger partial charge in [0.25, 0.3) is 5.88 Å². The zero-order valence-electron chi connectivity index (χ0n) is 19.8. The molecular formula is C26H26N6O4. The van der Waals surface area contributed by atoms with Crippen molar-refractivity contribution in [2.75, 3.05) is 31.1 Å². The summed E-state index contributed by atoms with van der Waals surface area (Å²) in [5, 5.41) is 9.44. The van der Waals surface area contributed by atoms with Crippen LogP contribution in [0.5, 0.6) is 11.6 Å². The number of aromatic nitrogens is 4. The van der Waals surface area contributed by atoms with E-state index in [0.717, 1.165) is 11.0 Å². The highest BCUT2D eigenvalue weighted by atomic mass is 16.5. The quantitative estimate of drug-likeness (QED) is 0.361. The summed E-state index contributed by atoms with van der Waals surface area (Å²) in [6.07, 6.45) is 3.73. The molecule has 2 aromatic carbocycles. The van der Waals surface area contributed by atoms with E-state index < -0.39 is 12.0 Å². The van der Waals surface area contributed by atoms with Gasteiger partial charge in [0.15, 0.2) is 11.6 Å². The van der Waals surface area contributed by atoms with Gasteiger partial charge in [-0.1, -0.05) is 19.1 Å². The summed E-state index contributed by atoms with van der Waals surface area (Å²) in [6.45, 7) is 4.34. The number of imidazole rings is 1. The van der Waals surface area contributed by atoms with Crippen molar-refractivity contribution in [2.24, 2.45) is 0 Å². The number of anilines is 1. The van der Waals surface area contributed by atoms with Crippen LogP contribution in [0.1, 0.15) is 29.5 Å². The molecule has 0 spiro atoms. The van der Waals surface area contributed by atoms with Crippen molar-refractivity contribution in [3.05, 3.63) is 72.3 Å². The van der Waals surface area contributed by atoms with E-state index in [4.69, 9.17) is 4.74 Å². The third-order valence-electron chi connectivity index (χ3n) is 6.31. The average molecular weight is 487 g/mol. The molecule has 1 aliphatic heterocycles. The molecular weight excluding hydrogens is 460 g/mol. The number of aliphatic carboxylic acids is 1. The van der Waals surface area contributed by atoms with E-state index >= 15 is 0 Å². The number of piperazine rings is 1. The lowest BCUT2D eigenvalue weighted by Crippen LogP contribution is -2.52. The predicted octanol–water partition coefficient (Wildman–Crippen LogP) is 3.36. The Morgan fingerprint density at radius 2 is 1.75 bits per heavy atom. The Hall–Kier alpha value is -4.31. The first-order chi connectivity index (χ1) is 17.5. The highest BCUT2D eigenvalue weighted by Crippen LogP contribution is 2.29. The second-order valence-corrected chi connectivity index (χ2v) is 8.53. The van der Waals surface area contributed by atoms with Gasteiger partial charge in [-0.25, -0.2) is 15.0 Å². The lowest BCUT2D eigenvalue weighted by Gasteiger charge is -2.38. The fourth-order valence-electron chi connectivity index (χ4n) is 4.42. The number of hydrogen-bond acceptors (Lipinski definition) is 8. The van der Waals surface area contributed by atoms with Gasteiger partial charge in [-0.2, -0.15) is 0 Å². The Kier molecular flexibility index (Phi) is 6.59. The van der Waals surface area contributed by atoms with E-state index in [2.05, 4.69) is 19.9 Å². The van der Waals surface area contributed by atoms with Gasteiger partial charge in [-0.05, 0) is 42.8 Å². The van der Waals surface area contributed by atoms with Crippen molar-refractivity contribution in [1.82, 2.24) is 24.8 Å². The van der Waals surface area contributed by atoms with Gasteiger partial charge in [-0.15, -0.1) is 0 Å². The molecule has 10 nitrogen and oxygen atoms in total. The molecule has 2 aromatic heterocycles. The number of nitrogens with one attached hydrogen (secondary N) is 1. The van der Waals surface area contributed by atoms with Crippen LogP contribution < -0.4 is 9.64 Å². The number of carboxylic acid groups (broad SMARTS) is 1. The molecule has 1 fully saturated rings. The highest BCUT2D eigenvalue weighted by Gasteiger charge is 2.29. The summed E-state index contributed by atoms with van der Waals surface area (Å²) >= 11 is 0. The number of carbonyl (C=O) groups excluding carboxylic acids is 1. The van der Waals surface area contributed by atoms with Crippen molar-refractivity contribution < 1.29 is 19.4 Å². The largest absolute Gasteiger partial charge is 0.480 e. The molecule has 0 radical (unpaired) electrons. The fraction of sp³-hybridized carbons (Fsp3) is 0.269. The lowest BCUT2D eigenvalue weighted by molar-refractivity contribution is -0.143. The van der Waals surface area contributed by atoms with Crippen molar-refractivity contribution in [3.63, 3.8) is 0 Å². The number of aromatic amines is 1. The maximum Gasteiger partial charge on any atom is 0.320 e. The first-order valence-corrected chi connectivity index (χ1v) is 11.8. The minimum Gasteiger partial charge on any atom is -0.480 e. The standard InChI is InChI=1S/C26H26N6O4/c1-2-21(26(34)35)31-13-15-32(16-14-31)24-25(28-12-11-27-24)36-18-9-7-17(8-10-18)22(33)23-29-19-5-3-4-6-20(19)30-23/h3-12,21H,2,13-16H2,1H3,(H,29,30)(H,34,35). The molecule has 184 valence electrons. The molecule has 0 bridgehead atoms. The molecule has 1 unspecified atom stereocenters. The Labute approximate surface area is 207 Å². The number of fused-ring (bicyclic) bond motifs is 1. The van der Waals surface area contributed by atoms with Gasteiger partial charge in [0.05, 0.1) is 11.0 Å². The van der Waals surface area contributed by atoms with Gasteiger partial charge in [-0.3, -0.25) is 14.5 Å². The maximum atomic E-state index is 12.9. The Morgan fingerprint density at radius 1 is 1.03 bits per heavy atom. The summed E-state index contributed by atoms with van der Waals surface area (Å²) < 4.78 is 6.03. The molecule has 0 aliphatic carbocycles. The summed E-state index contributed by atoms with van der Waals surface area (Å²) in [7, 11) is 0. The summed E-state index contributed by atoms with van der Waals surface area (Å²) in [5.74, 6) is 0.761. The summed E-state index contributed by atoms with van der Waals surface area (Å²) in [4.78, 5) is 44.7. The molecule has 3 heterocycles. The molecule has 36 heavy (non-hydrogen) atoms. The van der Waals surface area contributed by atoms with Crippen LogP contribution in [0, 0.1) is 0 Å². The van der Waals surface area contributed by atoms with Crippen molar-refractivity contribution >= 4 is 28.6 Å². The van der Waals surface area contributed by atoms with Crippen LogP contribution in [0.2, 0.25) is 0 Å². The van der Waals surface area contributed by atoms with E-state index in [-0.39, 0.29) is 11.6 Å². The number of ketones is 1. The van der Waals surface area contributed by atoms with Gasteiger partial charge in [0.2, 0.25) is 5.78 Å². The van der Waals surface area contributed by atoms with Crippen LogP contribution in [0.15, 0.2) is 60.9 Å². The maximum absolute atomic E-state index is 12.9. The lowest BCUT2D eigenvalue weighted by atomic mass is 10.1. The molecule has 1 atom stereocenters. The molecule has 2 N–H and O–H groups in total. The van der Waals surface area contributed by atoms with Crippen LogP contribution in [0.25, 0.3) is 11.0 Å². The first-order valence-electron chi connectivity index (χ1n) is 11.8. The van der Waals surface area contributed by atoms with Gasteiger partial charge in [0, 0.05) is 44.1 Å². The minimum absolute atomic E-state index is 0.206. The number of para-hydroxylation sites is 2. The van der Waals surface area contributed by atoms with Crippen LogP contribution in [0.3, 0.4) is 0 Å². The molecule has 4 aromatic rings. The number of ether oxygens (including phenoxy) is 1. The Bertz CT molecular complexity index is 1350. The van der Waals surface area contributed by atoms with Gasteiger partial charge >= 0.3 is 5.97 Å². The van der Waals surface area contributed by atoms with Gasteiger partial charge in [0.1, 0.15) is 11.8 Å². The second-order valence-electron chi connectivity index (χ2n) is 8.53. The number of carbonyl (C=O) groups is 2. The van der Waals surface area contributed by atoms with Crippen LogP contribution >= 0.6 is 0 Å². The normalized spacial score (nSPS) is 15.1. The number of hydrogen-bond donors (Lipinski definition) is 2.